The van der Waals surface area contributed by atoms with Crippen molar-refractivity contribution in [3.05, 3.63) is 0 Å². The molecule has 4 nitrogen and oxygen atoms in total. The Hall–Kier alpha value is 1.28. The third kappa shape index (κ3) is 3.73. The Bertz CT molecular complexity index is 148. The van der Waals surface area contributed by atoms with Gasteiger partial charge in [-0.1, -0.05) is 11.2 Å². The Labute approximate surface area is 89.2 Å². The molecule has 78 valence electrons. The summed E-state index contributed by atoms with van der Waals surface area (Å²) >= 11 is 11.0. The number of hydrogen-bond acceptors (Lipinski definition) is 4. The summed E-state index contributed by atoms with van der Waals surface area (Å²) in [4.78, 5) is 0. The van der Waals surface area contributed by atoms with E-state index in [0.717, 1.165) is 0 Å². The number of hydrogen-bond donors (Lipinski definition) is 1. The lowest BCUT2D eigenvalue weighted by Crippen LogP contribution is -2.41. The summed E-state index contributed by atoms with van der Waals surface area (Å²) in [5.74, 6) is 0. The van der Waals surface area contributed by atoms with Crippen LogP contribution in [0.15, 0.2) is 0 Å². The van der Waals surface area contributed by atoms with Gasteiger partial charge < -0.3 is 18.7 Å². The van der Waals surface area contributed by atoms with Crippen LogP contribution >= 0.6 is 38.4 Å². The minimum atomic E-state index is -1.30. The van der Waals surface area contributed by atoms with Gasteiger partial charge in [0, 0.05) is 0 Å². The summed E-state index contributed by atoms with van der Waals surface area (Å²) in [6.45, 7) is 0.958. The van der Waals surface area contributed by atoms with E-state index in [0.29, 0.717) is 19.8 Å². The van der Waals surface area contributed by atoms with Gasteiger partial charge in [-0.05, 0) is 11.2 Å². The SMILES string of the molecule is OCC1(COPCl)COP(Cl)OC1. The Morgan fingerprint density at radius 3 is 2.62 bits per heavy atom. The van der Waals surface area contributed by atoms with Crippen LogP contribution in [0.1, 0.15) is 0 Å². The lowest BCUT2D eigenvalue weighted by Gasteiger charge is -2.35. The van der Waals surface area contributed by atoms with Gasteiger partial charge in [-0.3, -0.25) is 0 Å². The summed E-state index contributed by atoms with van der Waals surface area (Å²) in [6, 6.07) is 0. The molecule has 0 amide bonds. The fourth-order valence-corrected chi connectivity index (χ4v) is 2.50. The van der Waals surface area contributed by atoms with Gasteiger partial charge in [0.15, 0.2) is 0 Å². The van der Waals surface area contributed by atoms with Crippen molar-refractivity contribution < 1.29 is 18.7 Å². The molecule has 1 atom stereocenters. The van der Waals surface area contributed by atoms with Crippen LogP contribution in [0, 0.1) is 5.41 Å². The molecule has 0 aromatic carbocycles. The first-order valence-corrected chi connectivity index (χ1v) is 7.53. The first-order chi connectivity index (χ1) is 6.22. The molecule has 0 radical (unpaired) electrons. The Balaban J connectivity index is 2.40. The largest absolute Gasteiger partial charge is 0.396 e. The van der Waals surface area contributed by atoms with Crippen LogP contribution in [0.3, 0.4) is 0 Å². The van der Waals surface area contributed by atoms with Crippen molar-refractivity contribution in [2.24, 2.45) is 5.41 Å². The fraction of sp³-hybridized carbons (Fsp3) is 1.00. The average Bonchev–Trinajstić information content (AvgIpc) is 2.18. The van der Waals surface area contributed by atoms with E-state index in [1.807, 2.05) is 0 Å². The Morgan fingerprint density at radius 2 is 2.15 bits per heavy atom. The number of halogens is 2. The van der Waals surface area contributed by atoms with Gasteiger partial charge in [0.1, 0.15) is 8.16 Å². The first-order valence-electron chi connectivity index (χ1n) is 3.52. The second-order valence-electron chi connectivity index (χ2n) is 2.78. The number of rotatable bonds is 4. The molecule has 1 rings (SSSR count). The van der Waals surface area contributed by atoms with Crippen molar-refractivity contribution in [2.45, 2.75) is 0 Å². The van der Waals surface area contributed by atoms with Gasteiger partial charge in [-0.15, -0.1) is 0 Å². The monoisotopic (exact) mass is 266 g/mol. The van der Waals surface area contributed by atoms with Crippen molar-refractivity contribution in [2.75, 3.05) is 26.4 Å². The molecule has 0 aromatic heterocycles. The van der Waals surface area contributed by atoms with Gasteiger partial charge in [-0.2, -0.15) is 0 Å². The molecule has 1 aliphatic rings. The molecule has 13 heavy (non-hydrogen) atoms. The molecule has 1 unspecified atom stereocenters. The van der Waals surface area contributed by atoms with Crippen LogP contribution in [-0.4, -0.2) is 31.5 Å². The van der Waals surface area contributed by atoms with Gasteiger partial charge in [0.25, 0.3) is 7.73 Å². The molecule has 0 aromatic rings. The van der Waals surface area contributed by atoms with E-state index < -0.39 is 13.1 Å². The third-order valence-electron chi connectivity index (χ3n) is 1.71. The Kier molecular flexibility index (Phi) is 5.69. The van der Waals surface area contributed by atoms with E-state index in [1.165, 1.54) is 0 Å². The zero-order valence-corrected chi connectivity index (χ0v) is 10.1. The van der Waals surface area contributed by atoms with E-state index in [1.54, 1.807) is 0 Å². The maximum atomic E-state index is 9.14. The zero-order valence-electron chi connectivity index (χ0n) is 6.70. The van der Waals surface area contributed by atoms with E-state index in [-0.39, 0.29) is 14.8 Å². The van der Waals surface area contributed by atoms with Crippen molar-refractivity contribution in [3.63, 3.8) is 0 Å². The molecule has 0 spiro atoms. The van der Waals surface area contributed by atoms with E-state index in [9.17, 15) is 0 Å². The smallest absolute Gasteiger partial charge is 0.276 e. The molecule has 0 aliphatic carbocycles. The number of aliphatic hydroxyl groups excluding tert-OH is 1. The minimum Gasteiger partial charge on any atom is -0.396 e. The Morgan fingerprint density at radius 1 is 1.54 bits per heavy atom. The van der Waals surface area contributed by atoms with Crippen LogP contribution in [0.4, 0.5) is 0 Å². The molecule has 1 saturated heterocycles. The maximum Gasteiger partial charge on any atom is 0.276 e. The summed E-state index contributed by atoms with van der Waals surface area (Å²) in [5, 5.41) is 9.14. The van der Waals surface area contributed by atoms with E-state index >= 15 is 0 Å². The van der Waals surface area contributed by atoms with Crippen LogP contribution in [0.25, 0.3) is 0 Å². The second-order valence-corrected chi connectivity index (χ2v) is 5.46. The van der Waals surface area contributed by atoms with Crippen LogP contribution in [-0.2, 0) is 13.6 Å². The molecule has 8 heteroatoms. The van der Waals surface area contributed by atoms with Crippen LogP contribution in [0.2, 0.25) is 0 Å². The van der Waals surface area contributed by atoms with Crippen molar-refractivity contribution >= 4 is 38.4 Å². The quantitative estimate of drug-likeness (QED) is 0.793. The lowest BCUT2D eigenvalue weighted by molar-refractivity contribution is -0.0305. The van der Waals surface area contributed by atoms with Crippen molar-refractivity contribution in [1.82, 2.24) is 0 Å². The van der Waals surface area contributed by atoms with Gasteiger partial charge in [0.2, 0.25) is 0 Å². The number of aliphatic hydroxyl groups is 1. The summed E-state index contributed by atoms with van der Waals surface area (Å²) < 4.78 is 15.3. The molecule has 1 N–H and O–H groups in total. The minimum absolute atomic E-state index is 0.0611. The summed E-state index contributed by atoms with van der Waals surface area (Å²) in [5.41, 5.74) is -0.504. The molecular formula is C5H10Cl2O4P2. The summed E-state index contributed by atoms with van der Waals surface area (Å²) in [7, 11) is -1.41. The molecule has 1 fully saturated rings. The molecule has 1 aliphatic heterocycles. The summed E-state index contributed by atoms with van der Waals surface area (Å²) in [6.07, 6.45) is 0. The predicted octanol–water partition coefficient (Wildman–Crippen LogP) is 2.24. The van der Waals surface area contributed by atoms with Gasteiger partial charge in [0.05, 0.1) is 31.8 Å². The molecule has 1 heterocycles. The third-order valence-corrected chi connectivity index (χ3v) is 3.54. The van der Waals surface area contributed by atoms with Crippen LogP contribution in [0.5, 0.6) is 0 Å². The van der Waals surface area contributed by atoms with Crippen LogP contribution < -0.4 is 0 Å². The lowest BCUT2D eigenvalue weighted by atomic mass is 9.93. The second kappa shape index (κ2) is 5.99. The maximum absolute atomic E-state index is 9.14. The van der Waals surface area contributed by atoms with Crippen molar-refractivity contribution in [3.8, 4) is 0 Å². The first kappa shape index (κ1) is 12.4. The highest BCUT2D eigenvalue weighted by Crippen LogP contribution is 2.50. The fourth-order valence-electron chi connectivity index (χ4n) is 0.855. The molecule has 0 bridgehead atoms. The zero-order chi connectivity index (χ0) is 9.73. The highest BCUT2D eigenvalue weighted by molar-refractivity contribution is 7.76. The van der Waals surface area contributed by atoms with Gasteiger partial charge >= 0.3 is 0 Å². The normalized spacial score (nSPS) is 35.8. The average molecular weight is 267 g/mol. The highest BCUT2D eigenvalue weighted by Gasteiger charge is 2.37. The van der Waals surface area contributed by atoms with Crippen molar-refractivity contribution in [1.29, 1.82) is 0 Å². The predicted molar refractivity (Wildman–Crippen MR) is 54.3 cm³/mol. The molecular weight excluding hydrogens is 257 g/mol. The topological polar surface area (TPSA) is 47.9 Å². The van der Waals surface area contributed by atoms with E-state index in [4.69, 9.17) is 41.2 Å². The van der Waals surface area contributed by atoms with E-state index in [2.05, 4.69) is 0 Å². The molecule has 0 saturated carbocycles. The standard InChI is InChI=1S/C5H10Cl2O4P2/c6-12-9-2-5(1-8)3-10-13(7)11-4-5/h8,12H,1-4H2. The highest BCUT2D eigenvalue weighted by atomic mass is 35.7. The van der Waals surface area contributed by atoms with Gasteiger partial charge in [-0.25, -0.2) is 0 Å².